The van der Waals surface area contributed by atoms with Crippen molar-refractivity contribution in [2.24, 2.45) is 0 Å². The van der Waals surface area contributed by atoms with Crippen molar-refractivity contribution < 1.29 is 14.3 Å². The zero-order chi connectivity index (χ0) is 19.6. The molecule has 3 rings (SSSR count). The Labute approximate surface area is 157 Å². The van der Waals surface area contributed by atoms with Crippen molar-refractivity contribution in [2.75, 3.05) is 12.4 Å². The van der Waals surface area contributed by atoms with Gasteiger partial charge in [0.1, 0.15) is 11.4 Å². The Kier molecular flexibility index (Phi) is 5.07. The van der Waals surface area contributed by atoms with Crippen molar-refractivity contribution in [3.05, 3.63) is 71.0 Å². The second-order valence-corrected chi connectivity index (χ2v) is 6.30. The van der Waals surface area contributed by atoms with Crippen LogP contribution in [0.3, 0.4) is 0 Å². The first-order chi connectivity index (χ1) is 12.9. The minimum absolute atomic E-state index is 0.152. The molecule has 27 heavy (non-hydrogen) atoms. The van der Waals surface area contributed by atoms with Crippen LogP contribution in [0.5, 0.6) is 5.75 Å². The summed E-state index contributed by atoms with van der Waals surface area (Å²) in [5, 5.41) is 7.21. The molecule has 0 bridgehead atoms. The van der Waals surface area contributed by atoms with E-state index in [0.29, 0.717) is 17.1 Å². The molecule has 3 aromatic rings. The molecule has 6 heteroatoms. The van der Waals surface area contributed by atoms with E-state index in [1.54, 1.807) is 43.0 Å². The number of benzene rings is 2. The van der Waals surface area contributed by atoms with E-state index in [1.165, 1.54) is 6.92 Å². The number of ether oxygens (including phenoxy) is 1. The topological polar surface area (TPSA) is 73.2 Å². The Morgan fingerprint density at radius 1 is 1.00 bits per heavy atom. The maximum atomic E-state index is 12.9. The van der Waals surface area contributed by atoms with Gasteiger partial charge in [0.25, 0.3) is 5.91 Å². The molecule has 2 aromatic carbocycles. The van der Waals surface area contributed by atoms with Crippen LogP contribution >= 0.6 is 0 Å². The summed E-state index contributed by atoms with van der Waals surface area (Å²) in [4.78, 5) is 25.0. The van der Waals surface area contributed by atoms with Crippen LogP contribution in [0.4, 0.5) is 5.69 Å². The normalized spacial score (nSPS) is 10.5. The molecule has 1 N–H and O–H groups in total. The third-order valence-corrected chi connectivity index (χ3v) is 4.30. The van der Waals surface area contributed by atoms with Crippen molar-refractivity contribution in [1.82, 2.24) is 9.78 Å². The number of methoxy groups -OCH3 is 1. The number of hydrogen-bond acceptors (Lipinski definition) is 4. The molecule has 0 aliphatic heterocycles. The molecule has 6 nitrogen and oxygen atoms in total. The van der Waals surface area contributed by atoms with Gasteiger partial charge in [0.2, 0.25) is 0 Å². The first-order valence-corrected chi connectivity index (χ1v) is 8.53. The van der Waals surface area contributed by atoms with E-state index < -0.39 is 0 Å². The highest BCUT2D eigenvalue weighted by atomic mass is 16.5. The smallest absolute Gasteiger partial charge is 0.259 e. The van der Waals surface area contributed by atoms with Crippen molar-refractivity contribution in [3.8, 4) is 11.4 Å². The second kappa shape index (κ2) is 7.45. The lowest BCUT2D eigenvalue weighted by Crippen LogP contribution is -2.16. The van der Waals surface area contributed by atoms with Crippen LogP contribution < -0.4 is 10.1 Å². The van der Waals surface area contributed by atoms with Crippen LogP contribution in [0.25, 0.3) is 5.69 Å². The fraction of sp³-hybridized carbons (Fsp3) is 0.190. The van der Waals surface area contributed by atoms with Gasteiger partial charge in [-0.25, -0.2) is 4.68 Å². The molecule has 0 spiro atoms. The fourth-order valence-electron chi connectivity index (χ4n) is 2.83. The van der Waals surface area contributed by atoms with Crippen molar-refractivity contribution in [1.29, 1.82) is 0 Å². The molecule has 0 saturated carbocycles. The number of nitrogens with zero attached hydrogens (tertiary/aromatic N) is 2. The highest BCUT2D eigenvalue weighted by molar-refractivity contribution is 6.12. The SMILES string of the molecule is COc1ccc(NC(=O)c2c(C(C)=O)nn(-c3ccc(C)cc3)c2C)cc1. The number of rotatable bonds is 5. The quantitative estimate of drug-likeness (QED) is 0.697. The Bertz CT molecular complexity index is 987. The number of aryl methyl sites for hydroxylation is 1. The van der Waals surface area contributed by atoms with Crippen LogP contribution in [0.2, 0.25) is 0 Å². The molecular weight excluding hydrogens is 342 g/mol. The van der Waals surface area contributed by atoms with E-state index >= 15 is 0 Å². The van der Waals surface area contributed by atoms with Crippen molar-refractivity contribution in [2.45, 2.75) is 20.8 Å². The lowest BCUT2D eigenvalue weighted by Gasteiger charge is -2.08. The summed E-state index contributed by atoms with van der Waals surface area (Å²) >= 11 is 0. The third kappa shape index (κ3) is 3.74. The molecule has 0 aliphatic carbocycles. The van der Waals surface area contributed by atoms with Gasteiger partial charge < -0.3 is 10.1 Å². The molecule has 1 aromatic heterocycles. The van der Waals surface area contributed by atoms with E-state index in [2.05, 4.69) is 10.4 Å². The maximum Gasteiger partial charge on any atom is 0.259 e. The second-order valence-electron chi connectivity index (χ2n) is 6.30. The van der Waals surface area contributed by atoms with Crippen LogP contribution in [0.15, 0.2) is 48.5 Å². The summed E-state index contributed by atoms with van der Waals surface area (Å²) in [6.07, 6.45) is 0. The number of hydrogen-bond donors (Lipinski definition) is 1. The predicted octanol–water partition coefficient (Wildman–Crippen LogP) is 3.95. The molecule has 0 unspecified atom stereocenters. The van der Waals surface area contributed by atoms with Crippen LogP contribution in [0.1, 0.15) is 39.0 Å². The first kappa shape index (κ1) is 18.4. The zero-order valence-corrected chi connectivity index (χ0v) is 15.7. The number of ketones is 1. The molecule has 1 amide bonds. The van der Waals surface area contributed by atoms with Gasteiger partial charge in [-0.15, -0.1) is 0 Å². The number of nitrogens with one attached hydrogen (secondary N) is 1. The van der Waals surface area contributed by atoms with Gasteiger partial charge in [-0.1, -0.05) is 17.7 Å². The van der Waals surface area contributed by atoms with E-state index in [9.17, 15) is 9.59 Å². The third-order valence-electron chi connectivity index (χ3n) is 4.30. The summed E-state index contributed by atoms with van der Waals surface area (Å²) < 4.78 is 6.74. The summed E-state index contributed by atoms with van der Waals surface area (Å²) in [5.41, 5.74) is 3.56. The number of Topliss-reactive ketones (excluding diaryl/α,β-unsaturated/α-hetero) is 1. The molecule has 0 atom stereocenters. The molecular formula is C21H21N3O3. The van der Waals surface area contributed by atoms with Gasteiger partial charge in [0.15, 0.2) is 5.78 Å². The highest BCUT2D eigenvalue weighted by Crippen LogP contribution is 2.22. The van der Waals surface area contributed by atoms with Gasteiger partial charge >= 0.3 is 0 Å². The Hall–Kier alpha value is -3.41. The number of amides is 1. The average molecular weight is 363 g/mol. The molecule has 0 radical (unpaired) electrons. The summed E-state index contributed by atoms with van der Waals surface area (Å²) in [6.45, 7) is 5.18. The molecule has 0 saturated heterocycles. The standard InChI is InChI=1S/C21H21N3O3/c1-13-5-9-17(10-6-13)24-14(2)19(20(23-24)15(3)25)21(26)22-16-7-11-18(27-4)12-8-16/h5-12H,1-4H3,(H,22,26). The molecule has 138 valence electrons. The van der Waals surface area contributed by atoms with Crippen molar-refractivity contribution >= 4 is 17.4 Å². The van der Waals surface area contributed by atoms with Crippen LogP contribution in [-0.2, 0) is 0 Å². The zero-order valence-electron chi connectivity index (χ0n) is 15.7. The van der Waals surface area contributed by atoms with Crippen molar-refractivity contribution in [3.63, 3.8) is 0 Å². The van der Waals surface area contributed by atoms with Gasteiger partial charge in [-0.3, -0.25) is 9.59 Å². The summed E-state index contributed by atoms with van der Waals surface area (Å²) in [6, 6.07) is 14.7. The monoisotopic (exact) mass is 363 g/mol. The molecule has 0 fully saturated rings. The van der Waals surface area contributed by atoms with Gasteiger partial charge in [0.05, 0.1) is 24.1 Å². The number of aromatic nitrogens is 2. The summed E-state index contributed by atoms with van der Waals surface area (Å²) in [5.74, 6) is 0.0610. The van der Waals surface area contributed by atoms with Gasteiger partial charge in [0, 0.05) is 12.6 Å². The molecule has 1 heterocycles. The van der Waals surface area contributed by atoms with E-state index in [4.69, 9.17) is 4.74 Å². The number of carbonyl (C=O) groups is 2. The number of anilines is 1. The Morgan fingerprint density at radius 2 is 1.63 bits per heavy atom. The van der Waals surface area contributed by atoms with E-state index in [0.717, 1.165) is 11.3 Å². The first-order valence-electron chi connectivity index (χ1n) is 8.53. The van der Waals surface area contributed by atoms with Gasteiger partial charge in [-0.2, -0.15) is 5.10 Å². The van der Waals surface area contributed by atoms with E-state index in [-0.39, 0.29) is 22.9 Å². The van der Waals surface area contributed by atoms with Crippen LogP contribution in [-0.4, -0.2) is 28.6 Å². The lowest BCUT2D eigenvalue weighted by molar-refractivity contribution is 0.0982. The minimum atomic E-state index is -0.374. The number of carbonyl (C=O) groups excluding carboxylic acids is 2. The highest BCUT2D eigenvalue weighted by Gasteiger charge is 2.24. The summed E-state index contributed by atoms with van der Waals surface area (Å²) in [7, 11) is 1.58. The average Bonchev–Trinajstić information content (AvgIpc) is 3.00. The van der Waals surface area contributed by atoms with E-state index in [1.807, 2.05) is 31.2 Å². The maximum absolute atomic E-state index is 12.9. The minimum Gasteiger partial charge on any atom is -0.497 e. The van der Waals surface area contributed by atoms with Crippen LogP contribution in [0, 0.1) is 13.8 Å². The fourth-order valence-corrected chi connectivity index (χ4v) is 2.83. The Morgan fingerprint density at radius 3 is 2.19 bits per heavy atom. The lowest BCUT2D eigenvalue weighted by atomic mass is 10.1. The Balaban J connectivity index is 1.98. The largest absolute Gasteiger partial charge is 0.497 e. The predicted molar refractivity (Wildman–Crippen MR) is 104 cm³/mol. The molecule has 0 aliphatic rings. The van der Waals surface area contributed by atoms with Gasteiger partial charge in [-0.05, 0) is 50.2 Å².